The maximum Gasteiger partial charge on any atom is 0.351 e. The number of aliphatic hydroxyl groups excluding tert-OH is 1. The molecule has 27 heavy (non-hydrogen) atoms. The van der Waals surface area contributed by atoms with Crippen molar-refractivity contribution in [3.8, 4) is 0 Å². The van der Waals surface area contributed by atoms with Gasteiger partial charge in [-0.05, 0) is 6.07 Å². The molecule has 1 fully saturated rings. The topological polar surface area (TPSA) is 194 Å². The fourth-order valence-corrected chi connectivity index (χ4v) is 4.78. The van der Waals surface area contributed by atoms with Crippen LogP contribution in [0.1, 0.15) is 6.23 Å². The van der Waals surface area contributed by atoms with Crippen molar-refractivity contribution in [3.05, 3.63) is 22.7 Å². The minimum Gasteiger partial charge on any atom is -0.384 e. The number of hydrogen-bond donors (Lipinski definition) is 5. The molecule has 1 saturated heterocycles. The van der Waals surface area contributed by atoms with Gasteiger partial charge in [0, 0.05) is 6.20 Å². The number of anilines is 1. The summed E-state index contributed by atoms with van der Waals surface area (Å²) >= 11 is 0. The van der Waals surface area contributed by atoms with Gasteiger partial charge in [-0.3, -0.25) is 13.7 Å². The molecule has 1 aliphatic heterocycles. The second-order valence-electron chi connectivity index (χ2n) is 5.73. The molecule has 0 spiro atoms. The van der Waals surface area contributed by atoms with Gasteiger partial charge in [0.1, 0.15) is 11.9 Å². The van der Waals surface area contributed by atoms with Crippen molar-refractivity contribution in [2.45, 2.75) is 24.4 Å². The molecule has 16 heteroatoms. The Balaban J connectivity index is 2.10. The second kappa shape index (κ2) is 7.64. The Kier molecular flexibility index (Phi) is 6.24. The lowest BCUT2D eigenvalue weighted by Gasteiger charge is -2.20. The zero-order valence-corrected chi connectivity index (χ0v) is 15.2. The van der Waals surface area contributed by atoms with Gasteiger partial charge in [0.25, 0.3) is 0 Å². The molecule has 0 bridgehead atoms. The molecule has 0 aliphatic carbocycles. The summed E-state index contributed by atoms with van der Waals surface area (Å²) in [5.74, 6) is -4.19. The number of aromatic nitrogens is 2. The van der Waals surface area contributed by atoms with Gasteiger partial charge in [-0.15, -0.1) is 0 Å². The monoisotopic (exact) mass is 435 g/mol. The van der Waals surface area contributed by atoms with Crippen LogP contribution in [0.2, 0.25) is 0 Å². The van der Waals surface area contributed by atoms with Gasteiger partial charge in [0.2, 0.25) is 6.23 Å². The van der Waals surface area contributed by atoms with E-state index in [0.717, 1.165) is 12.3 Å². The van der Waals surface area contributed by atoms with Gasteiger partial charge >= 0.3 is 26.8 Å². The van der Waals surface area contributed by atoms with Crippen molar-refractivity contribution in [2.24, 2.45) is 0 Å². The van der Waals surface area contributed by atoms with Gasteiger partial charge in [-0.2, -0.15) is 13.8 Å². The standard InChI is InChI=1S/C11H17F2N3O9P2/c12-11(13)8(17)6(5-24-27(22,23)4-3-26(19,20)21)25-9(11)16-2-1-7(14)15-10(16)18/h1-2,6,8-9,17H,3-5H2,(H,22,23)(H2,14,15,18)(H2,19,20,21)/t6-,8?,9-/m1/s1. The average molecular weight is 435 g/mol. The maximum absolute atomic E-state index is 14.3. The quantitative estimate of drug-likeness (QED) is 0.333. The molecule has 2 unspecified atom stereocenters. The van der Waals surface area contributed by atoms with Crippen molar-refractivity contribution in [1.29, 1.82) is 0 Å². The van der Waals surface area contributed by atoms with E-state index < -0.39 is 64.2 Å². The summed E-state index contributed by atoms with van der Waals surface area (Å²) < 4.78 is 60.8. The van der Waals surface area contributed by atoms with Gasteiger partial charge < -0.3 is 34.8 Å². The average Bonchev–Trinajstić information content (AvgIpc) is 2.74. The highest BCUT2D eigenvalue weighted by atomic mass is 31.2. The summed E-state index contributed by atoms with van der Waals surface area (Å²) in [5, 5.41) is 9.74. The summed E-state index contributed by atoms with van der Waals surface area (Å²) in [5.41, 5.74) is 4.10. The van der Waals surface area contributed by atoms with Crippen LogP contribution in [0.15, 0.2) is 17.1 Å². The highest BCUT2D eigenvalue weighted by molar-refractivity contribution is 7.56. The normalized spacial score (nSPS) is 27.4. The number of nitrogens with zero attached hydrogens (tertiary/aromatic N) is 2. The van der Waals surface area contributed by atoms with Crippen LogP contribution in [0.4, 0.5) is 14.6 Å². The first-order valence-electron chi connectivity index (χ1n) is 7.30. The SMILES string of the molecule is Nc1ccn([C@@H]2O[C@H](COP(=O)(O)CCP(=O)(O)O)C(O)C2(F)F)c(=O)n1. The Morgan fingerprint density at radius 1 is 1.33 bits per heavy atom. The number of nitrogens with two attached hydrogens (primary N) is 1. The molecule has 4 atom stereocenters. The molecular weight excluding hydrogens is 418 g/mol. The van der Waals surface area contributed by atoms with E-state index in [4.69, 9.17) is 20.3 Å². The fraction of sp³-hybridized carbons (Fsp3) is 0.636. The zero-order valence-electron chi connectivity index (χ0n) is 13.5. The van der Waals surface area contributed by atoms with Crippen LogP contribution in [0, 0.1) is 0 Å². The van der Waals surface area contributed by atoms with Crippen LogP contribution in [-0.4, -0.2) is 66.4 Å². The lowest BCUT2D eigenvalue weighted by molar-refractivity contribution is -0.140. The molecule has 6 N–H and O–H groups in total. The van der Waals surface area contributed by atoms with Crippen LogP contribution in [-0.2, 0) is 18.4 Å². The van der Waals surface area contributed by atoms with Crippen LogP contribution in [0.25, 0.3) is 0 Å². The summed E-state index contributed by atoms with van der Waals surface area (Å²) in [4.78, 5) is 41.9. The molecule has 154 valence electrons. The first-order valence-corrected chi connectivity index (χ1v) is 10.9. The predicted octanol–water partition coefficient (Wildman–Crippen LogP) is -0.901. The van der Waals surface area contributed by atoms with E-state index in [-0.39, 0.29) is 5.82 Å². The van der Waals surface area contributed by atoms with Crippen LogP contribution in [0.3, 0.4) is 0 Å². The van der Waals surface area contributed by atoms with Crippen molar-refractivity contribution in [3.63, 3.8) is 0 Å². The Bertz CT molecular complexity index is 845. The largest absolute Gasteiger partial charge is 0.384 e. The smallest absolute Gasteiger partial charge is 0.351 e. The zero-order chi connectivity index (χ0) is 20.6. The minimum absolute atomic E-state index is 0.218. The summed E-state index contributed by atoms with van der Waals surface area (Å²) in [6.07, 6.45) is -7.56. The molecule has 1 aliphatic rings. The van der Waals surface area contributed by atoms with Gasteiger partial charge in [0.05, 0.1) is 18.9 Å². The predicted molar refractivity (Wildman–Crippen MR) is 85.3 cm³/mol. The van der Waals surface area contributed by atoms with E-state index in [0.29, 0.717) is 4.57 Å². The third-order valence-corrected chi connectivity index (χ3v) is 6.10. The molecule has 0 saturated carbocycles. The lowest BCUT2D eigenvalue weighted by atomic mass is 10.1. The van der Waals surface area contributed by atoms with E-state index in [9.17, 15) is 32.7 Å². The highest BCUT2D eigenvalue weighted by Gasteiger charge is 2.60. The van der Waals surface area contributed by atoms with E-state index in [1.165, 1.54) is 0 Å². The molecule has 2 rings (SSSR count). The fourth-order valence-electron chi connectivity index (χ4n) is 2.22. The molecular formula is C11H17F2N3O9P2. The van der Waals surface area contributed by atoms with E-state index in [1.807, 2.05) is 0 Å². The van der Waals surface area contributed by atoms with Crippen LogP contribution >= 0.6 is 15.2 Å². The molecule has 1 aromatic heterocycles. The first kappa shape index (κ1) is 22.1. The number of alkyl halides is 2. The van der Waals surface area contributed by atoms with Crippen LogP contribution < -0.4 is 11.4 Å². The minimum atomic E-state index is -4.57. The summed E-state index contributed by atoms with van der Waals surface area (Å²) in [7, 11) is -9.11. The Labute approximate surface area is 150 Å². The first-order chi connectivity index (χ1) is 12.2. The molecule has 0 aromatic carbocycles. The number of ether oxygens (including phenoxy) is 1. The Hall–Kier alpha value is -1.24. The third kappa shape index (κ3) is 5.39. The van der Waals surface area contributed by atoms with E-state index in [1.54, 1.807) is 0 Å². The molecule has 12 nitrogen and oxygen atoms in total. The van der Waals surface area contributed by atoms with Gasteiger partial charge in [-0.25, -0.2) is 4.79 Å². The van der Waals surface area contributed by atoms with Crippen molar-refractivity contribution in [1.82, 2.24) is 9.55 Å². The van der Waals surface area contributed by atoms with E-state index >= 15 is 0 Å². The van der Waals surface area contributed by atoms with Gasteiger partial charge in [-0.1, -0.05) is 0 Å². The molecule has 2 heterocycles. The number of rotatable bonds is 7. The summed E-state index contributed by atoms with van der Waals surface area (Å²) in [6.45, 7) is -0.987. The van der Waals surface area contributed by atoms with Gasteiger partial charge in [0.15, 0.2) is 6.10 Å². The molecule has 0 radical (unpaired) electrons. The van der Waals surface area contributed by atoms with E-state index in [2.05, 4.69) is 9.51 Å². The Morgan fingerprint density at radius 3 is 2.52 bits per heavy atom. The number of hydrogen-bond acceptors (Lipinski definition) is 8. The Morgan fingerprint density at radius 2 is 1.96 bits per heavy atom. The summed E-state index contributed by atoms with van der Waals surface area (Å²) in [6, 6.07) is 1.06. The van der Waals surface area contributed by atoms with Crippen LogP contribution in [0.5, 0.6) is 0 Å². The second-order valence-corrected chi connectivity index (χ2v) is 9.49. The number of halogens is 2. The van der Waals surface area contributed by atoms with Crippen molar-refractivity contribution in [2.75, 3.05) is 24.7 Å². The molecule has 1 aromatic rings. The van der Waals surface area contributed by atoms with Crippen molar-refractivity contribution < 1.29 is 47.0 Å². The van der Waals surface area contributed by atoms with Crippen molar-refractivity contribution >= 4 is 21.0 Å². The molecule has 0 amide bonds. The maximum atomic E-state index is 14.3. The number of nitrogen functional groups attached to an aromatic ring is 1. The number of aliphatic hydroxyl groups is 1. The third-order valence-electron chi connectivity index (χ3n) is 3.60. The lowest BCUT2D eigenvalue weighted by Crippen LogP contribution is -2.42. The highest BCUT2D eigenvalue weighted by Crippen LogP contribution is 2.49.